The van der Waals surface area contributed by atoms with E-state index < -0.39 is 0 Å². The molecule has 2 nitrogen and oxygen atoms in total. The van der Waals surface area contributed by atoms with E-state index in [4.69, 9.17) is 4.42 Å². The first-order valence-corrected chi connectivity index (χ1v) is 17.6. The number of furan rings is 1. The molecule has 0 N–H and O–H groups in total. The van der Waals surface area contributed by atoms with Crippen LogP contribution in [-0.2, 0) is 0 Å². The first-order chi connectivity index (χ1) is 23.3. The van der Waals surface area contributed by atoms with E-state index in [0.29, 0.717) is 0 Å². The van der Waals surface area contributed by atoms with Crippen LogP contribution in [0.1, 0.15) is 0 Å². The van der Waals surface area contributed by atoms with Gasteiger partial charge in [-0.3, -0.25) is 0 Å². The first-order valence-electron chi connectivity index (χ1n) is 16.0. The molecule has 11 rings (SSSR count). The number of rotatable bonds is 2. The largest absolute Gasteiger partial charge is 0.456 e. The van der Waals surface area contributed by atoms with Crippen molar-refractivity contribution in [1.29, 1.82) is 0 Å². The fraction of sp³-hybridized carbons (Fsp3) is 0. The number of hydrogen-bond acceptors (Lipinski definition) is 4. The lowest BCUT2D eigenvalue weighted by atomic mass is 9.34. The third kappa shape index (κ3) is 3.53. The molecule has 9 aromatic rings. The van der Waals surface area contributed by atoms with Gasteiger partial charge in [0.2, 0.25) is 0 Å². The average Bonchev–Trinajstić information content (AvgIpc) is 3.71. The van der Waals surface area contributed by atoms with Crippen LogP contribution in [0.4, 0.5) is 17.1 Å². The van der Waals surface area contributed by atoms with Crippen LogP contribution in [-0.4, -0.2) is 6.71 Å². The molecule has 0 unspecified atom stereocenters. The van der Waals surface area contributed by atoms with Crippen molar-refractivity contribution in [2.24, 2.45) is 0 Å². The molecule has 0 aliphatic carbocycles. The summed E-state index contributed by atoms with van der Waals surface area (Å²) in [6.07, 6.45) is 0. The number of thiophene rings is 1. The van der Waals surface area contributed by atoms with Crippen LogP contribution in [0.25, 0.3) is 53.2 Å². The van der Waals surface area contributed by atoms with E-state index in [2.05, 4.69) is 150 Å². The second-order valence-corrected chi connectivity index (χ2v) is 14.5. The summed E-state index contributed by atoms with van der Waals surface area (Å²) in [7, 11) is 0. The molecule has 5 heteroatoms. The number of benzene rings is 7. The van der Waals surface area contributed by atoms with Crippen molar-refractivity contribution in [3.63, 3.8) is 0 Å². The minimum Gasteiger partial charge on any atom is -0.456 e. The number of fused-ring (bicyclic) bond motifs is 13. The highest BCUT2D eigenvalue weighted by Crippen LogP contribution is 2.52. The van der Waals surface area contributed by atoms with Gasteiger partial charge in [0.15, 0.2) is 0 Å². The Kier molecular flexibility index (Phi) is 5.32. The normalized spacial score (nSPS) is 13.4. The summed E-state index contributed by atoms with van der Waals surface area (Å²) < 4.78 is 9.65. The van der Waals surface area contributed by atoms with E-state index in [0.717, 1.165) is 16.9 Å². The highest BCUT2D eigenvalue weighted by molar-refractivity contribution is 8.00. The standard InChI is InChI=1S/C42H24BNOS2/c1-3-13-25(14-4-1)26-23-31-38-35(24-26)46-34-22-12-9-19-30(34)43(38)39-40(44(31)27-15-5-2-6-16-27)42-37(29-18-8-11-21-33(29)47-42)36-28-17-7-10-20-32(28)45-41(36)39/h1-24H. The first kappa shape index (κ1) is 25.9. The Hall–Kier alpha value is -5.23. The lowest BCUT2D eigenvalue weighted by Gasteiger charge is -2.40. The summed E-state index contributed by atoms with van der Waals surface area (Å²) in [5, 5.41) is 4.96. The van der Waals surface area contributed by atoms with Crippen LogP contribution in [0.2, 0.25) is 0 Å². The lowest BCUT2D eigenvalue weighted by Crippen LogP contribution is -2.60. The molecule has 0 bridgehead atoms. The van der Waals surface area contributed by atoms with Crippen molar-refractivity contribution >= 4 is 105 Å². The number of hydrogen-bond donors (Lipinski definition) is 0. The van der Waals surface area contributed by atoms with Gasteiger partial charge < -0.3 is 9.32 Å². The van der Waals surface area contributed by atoms with Crippen molar-refractivity contribution in [2.75, 3.05) is 4.90 Å². The van der Waals surface area contributed by atoms with Gasteiger partial charge >= 0.3 is 0 Å². The molecule has 4 heterocycles. The Balaban J connectivity index is 1.39. The van der Waals surface area contributed by atoms with Gasteiger partial charge in [-0.05, 0) is 64.5 Å². The molecule has 0 saturated carbocycles. The third-order valence-electron chi connectivity index (χ3n) is 9.89. The highest BCUT2D eigenvalue weighted by atomic mass is 32.2. The summed E-state index contributed by atoms with van der Waals surface area (Å²) in [4.78, 5) is 5.15. The smallest absolute Gasteiger partial charge is 0.254 e. The molecule has 0 fully saturated rings. The molecular formula is C42H24BNOS2. The Morgan fingerprint density at radius 2 is 1.30 bits per heavy atom. The second kappa shape index (κ2) is 9.65. The Labute approximate surface area is 280 Å². The van der Waals surface area contributed by atoms with Crippen molar-refractivity contribution < 1.29 is 4.42 Å². The maximum atomic E-state index is 7.05. The van der Waals surface area contributed by atoms with Crippen molar-refractivity contribution in [2.45, 2.75) is 9.79 Å². The predicted molar refractivity (Wildman–Crippen MR) is 202 cm³/mol. The van der Waals surface area contributed by atoms with Crippen LogP contribution in [0, 0.1) is 0 Å². The Morgan fingerprint density at radius 1 is 0.574 bits per heavy atom. The van der Waals surface area contributed by atoms with Crippen molar-refractivity contribution in [3.8, 4) is 11.1 Å². The van der Waals surface area contributed by atoms with Crippen LogP contribution < -0.4 is 21.3 Å². The molecule has 0 spiro atoms. The van der Waals surface area contributed by atoms with E-state index in [9.17, 15) is 0 Å². The van der Waals surface area contributed by atoms with Gasteiger partial charge in [0, 0.05) is 47.4 Å². The molecule has 218 valence electrons. The average molecular weight is 634 g/mol. The van der Waals surface area contributed by atoms with E-state index in [1.807, 2.05) is 23.1 Å². The highest BCUT2D eigenvalue weighted by Gasteiger charge is 2.44. The van der Waals surface area contributed by atoms with Crippen molar-refractivity contribution in [3.05, 3.63) is 146 Å². The monoisotopic (exact) mass is 633 g/mol. The van der Waals surface area contributed by atoms with Crippen LogP contribution in [0.3, 0.4) is 0 Å². The predicted octanol–water partition coefficient (Wildman–Crippen LogP) is 10.4. The number of nitrogens with zero attached hydrogens (tertiary/aromatic N) is 1. The fourth-order valence-electron chi connectivity index (χ4n) is 7.98. The zero-order valence-electron chi connectivity index (χ0n) is 25.1. The molecule has 2 aliphatic heterocycles. The molecule has 0 saturated heterocycles. The topological polar surface area (TPSA) is 16.4 Å². The fourth-order valence-corrected chi connectivity index (χ4v) is 10.4. The zero-order chi connectivity index (χ0) is 30.6. The molecule has 7 aromatic carbocycles. The maximum absolute atomic E-state index is 7.05. The molecule has 0 radical (unpaired) electrons. The number of anilines is 3. The lowest BCUT2D eigenvalue weighted by molar-refractivity contribution is 0.671. The minimum atomic E-state index is 0.0231. The molecule has 2 aromatic heterocycles. The number of para-hydroxylation sites is 2. The molecule has 47 heavy (non-hydrogen) atoms. The van der Waals surface area contributed by atoms with Gasteiger partial charge in [-0.1, -0.05) is 120 Å². The maximum Gasteiger partial charge on any atom is 0.254 e. The Morgan fingerprint density at radius 3 is 2.17 bits per heavy atom. The van der Waals surface area contributed by atoms with Crippen LogP contribution in [0.5, 0.6) is 0 Å². The molecule has 2 aliphatic rings. The molecule has 0 amide bonds. The van der Waals surface area contributed by atoms with E-state index >= 15 is 0 Å². The van der Waals surface area contributed by atoms with Gasteiger partial charge in [-0.15, -0.1) is 11.3 Å². The summed E-state index contributed by atoms with van der Waals surface area (Å²) in [5.41, 5.74) is 12.0. The van der Waals surface area contributed by atoms with E-state index in [1.54, 1.807) is 0 Å². The second-order valence-electron chi connectivity index (χ2n) is 12.4. The SMILES string of the molecule is c1ccc(-c2cc3c4c(c2)N(c2ccccc2)c2c(c5oc6ccccc6c5c5c2sc2ccccc25)B4c2ccccc2S3)cc1. The van der Waals surface area contributed by atoms with Crippen LogP contribution >= 0.6 is 23.1 Å². The quantitative estimate of drug-likeness (QED) is 0.176. The van der Waals surface area contributed by atoms with Crippen molar-refractivity contribution in [1.82, 2.24) is 0 Å². The van der Waals surface area contributed by atoms with Gasteiger partial charge in [-0.2, -0.15) is 0 Å². The molecule has 0 atom stereocenters. The van der Waals surface area contributed by atoms with Gasteiger partial charge in [0.1, 0.15) is 11.2 Å². The summed E-state index contributed by atoms with van der Waals surface area (Å²) >= 11 is 3.80. The summed E-state index contributed by atoms with van der Waals surface area (Å²) in [5.74, 6) is 0. The summed E-state index contributed by atoms with van der Waals surface area (Å²) in [6, 6.07) is 53.0. The van der Waals surface area contributed by atoms with Crippen LogP contribution in [0.15, 0.2) is 160 Å². The van der Waals surface area contributed by atoms with E-state index in [-0.39, 0.29) is 6.71 Å². The van der Waals surface area contributed by atoms with Gasteiger partial charge in [0.25, 0.3) is 6.71 Å². The summed E-state index contributed by atoms with van der Waals surface area (Å²) in [6.45, 7) is 0.0231. The minimum absolute atomic E-state index is 0.0231. The van der Waals surface area contributed by atoms with Gasteiger partial charge in [-0.25, -0.2) is 0 Å². The van der Waals surface area contributed by atoms with E-state index in [1.165, 1.54) is 79.6 Å². The Bertz CT molecular complexity index is 2730. The third-order valence-corrected chi connectivity index (χ3v) is 12.2. The zero-order valence-corrected chi connectivity index (χ0v) is 26.7. The van der Waals surface area contributed by atoms with Gasteiger partial charge in [0.05, 0.1) is 10.4 Å². The molecular weight excluding hydrogens is 609 g/mol.